The summed E-state index contributed by atoms with van der Waals surface area (Å²) in [6.45, 7) is 0.616. The number of nitrogens with one attached hydrogen (secondary N) is 1. The third-order valence-electron chi connectivity index (χ3n) is 4.85. The van der Waals surface area contributed by atoms with E-state index >= 15 is 0 Å². The van der Waals surface area contributed by atoms with Crippen LogP contribution in [0, 0.1) is 11.7 Å². The lowest BCUT2D eigenvalue weighted by atomic mass is 10.1. The fraction of sp³-hybridized carbons (Fsp3) is 0.316. The highest BCUT2D eigenvalue weighted by Crippen LogP contribution is 2.37. The Morgan fingerprint density at radius 1 is 1.22 bits per heavy atom. The lowest BCUT2D eigenvalue weighted by molar-refractivity contribution is -0.119. The molecule has 1 fully saturated rings. The number of anilines is 2. The van der Waals surface area contributed by atoms with Gasteiger partial charge in [0.05, 0.1) is 12.0 Å². The molecule has 4 rings (SSSR count). The number of hydrogen-bond acceptors (Lipinski definition) is 4. The summed E-state index contributed by atoms with van der Waals surface area (Å²) < 4.78 is 46.2. The van der Waals surface area contributed by atoms with Crippen molar-refractivity contribution in [1.29, 1.82) is 0 Å². The van der Waals surface area contributed by atoms with Crippen molar-refractivity contribution < 1.29 is 22.3 Å². The summed E-state index contributed by atoms with van der Waals surface area (Å²) in [4.78, 5) is 13.9. The maximum Gasteiger partial charge on any atom is 0.262 e. The molecule has 0 saturated heterocycles. The average Bonchev–Trinajstić information content (AvgIpc) is 3.40. The Kier molecular flexibility index (Phi) is 4.30. The van der Waals surface area contributed by atoms with Crippen LogP contribution in [-0.4, -0.2) is 28.0 Å². The molecule has 2 aliphatic rings. The summed E-state index contributed by atoms with van der Waals surface area (Å²) in [5.41, 5.74) is 2.14. The zero-order chi connectivity index (χ0) is 19.2. The van der Waals surface area contributed by atoms with Gasteiger partial charge in [-0.2, -0.15) is 0 Å². The van der Waals surface area contributed by atoms with E-state index in [1.165, 1.54) is 19.2 Å². The molecule has 142 valence electrons. The summed E-state index contributed by atoms with van der Waals surface area (Å²) in [5.74, 6) is -0.481. The quantitative estimate of drug-likeness (QED) is 0.852. The number of sulfonamides is 1. The molecule has 0 aromatic heterocycles. The summed E-state index contributed by atoms with van der Waals surface area (Å²) >= 11 is 0. The van der Waals surface area contributed by atoms with Crippen molar-refractivity contribution in [2.75, 3.05) is 23.3 Å². The second kappa shape index (κ2) is 6.53. The fourth-order valence-electron chi connectivity index (χ4n) is 3.27. The Balaban J connectivity index is 1.56. The van der Waals surface area contributed by atoms with E-state index < -0.39 is 15.8 Å². The minimum Gasteiger partial charge on any atom is -0.494 e. The van der Waals surface area contributed by atoms with Crippen LogP contribution in [0.25, 0.3) is 0 Å². The molecule has 0 atom stereocenters. The number of halogens is 1. The van der Waals surface area contributed by atoms with Gasteiger partial charge in [-0.3, -0.25) is 9.52 Å². The molecule has 1 aliphatic heterocycles. The maximum atomic E-state index is 13.8. The Labute approximate surface area is 157 Å². The number of benzene rings is 2. The van der Waals surface area contributed by atoms with Crippen molar-refractivity contribution in [3.05, 3.63) is 47.8 Å². The molecule has 2 aromatic rings. The highest BCUT2D eigenvalue weighted by atomic mass is 32.2. The van der Waals surface area contributed by atoms with E-state index in [0.717, 1.165) is 30.2 Å². The molecule has 8 heteroatoms. The lowest BCUT2D eigenvalue weighted by Gasteiger charge is -2.17. The molecule has 1 amide bonds. The SMILES string of the molecule is COc1ccc(S(=O)(=O)Nc2ccc3c(c2)CCN3C(=O)C2CC2)cc1F. The number of amides is 1. The van der Waals surface area contributed by atoms with Crippen molar-refractivity contribution in [3.8, 4) is 5.75 Å². The smallest absolute Gasteiger partial charge is 0.262 e. The number of ether oxygens (including phenoxy) is 1. The van der Waals surface area contributed by atoms with Gasteiger partial charge in [-0.25, -0.2) is 12.8 Å². The van der Waals surface area contributed by atoms with Gasteiger partial charge in [-0.1, -0.05) is 0 Å². The second-order valence-corrected chi connectivity index (χ2v) is 8.44. The van der Waals surface area contributed by atoms with Crippen molar-refractivity contribution in [2.24, 2.45) is 5.92 Å². The third kappa shape index (κ3) is 3.37. The zero-order valence-electron chi connectivity index (χ0n) is 14.7. The predicted octanol–water partition coefficient (Wildman–Crippen LogP) is 2.93. The van der Waals surface area contributed by atoms with E-state index in [1.807, 2.05) is 0 Å². The number of nitrogens with zero attached hydrogens (tertiary/aromatic N) is 1. The first kappa shape index (κ1) is 17.8. The number of carbonyl (C=O) groups is 1. The number of carbonyl (C=O) groups excluding carboxylic acids is 1. The molecule has 0 bridgehead atoms. The second-order valence-electron chi connectivity index (χ2n) is 6.76. The molecule has 1 N–H and O–H groups in total. The Morgan fingerprint density at radius 3 is 2.67 bits per heavy atom. The highest BCUT2D eigenvalue weighted by Gasteiger charge is 2.36. The summed E-state index contributed by atoms with van der Waals surface area (Å²) in [6.07, 6.45) is 2.57. The molecule has 0 unspecified atom stereocenters. The van der Waals surface area contributed by atoms with Crippen LogP contribution in [0.5, 0.6) is 5.75 Å². The van der Waals surface area contributed by atoms with Crippen LogP contribution in [0.15, 0.2) is 41.3 Å². The van der Waals surface area contributed by atoms with E-state index in [1.54, 1.807) is 23.1 Å². The van der Waals surface area contributed by atoms with E-state index in [4.69, 9.17) is 4.74 Å². The molecule has 6 nitrogen and oxygen atoms in total. The largest absolute Gasteiger partial charge is 0.494 e. The predicted molar refractivity (Wildman–Crippen MR) is 99.0 cm³/mol. The minimum absolute atomic E-state index is 0.0214. The van der Waals surface area contributed by atoms with Crippen LogP contribution in [-0.2, 0) is 21.2 Å². The molecule has 0 spiro atoms. The molecule has 0 radical (unpaired) electrons. The molecule has 1 aliphatic carbocycles. The monoisotopic (exact) mass is 390 g/mol. The molecular weight excluding hydrogens is 371 g/mol. The van der Waals surface area contributed by atoms with Crippen LogP contribution in [0.3, 0.4) is 0 Å². The molecule has 1 saturated carbocycles. The van der Waals surface area contributed by atoms with Crippen LogP contribution < -0.4 is 14.4 Å². The van der Waals surface area contributed by atoms with Gasteiger partial charge in [-0.15, -0.1) is 0 Å². The third-order valence-corrected chi connectivity index (χ3v) is 6.23. The van der Waals surface area contributed by atoms with E-state index in [-0.39, 0.29) is 22.5 Å². The first-order chi connectivity index (χ1) is 12.9. The zero-order valence-corrected chi connectivity index (χ0v) is 15.6. The summed E-state index contributed by atoms with van der Waals surface area (Å²) in [7, 11) is -2.63. The number of rotatable bonds is 5. The Hall–Kier alpha value is -2.61. The standard InChI is InChI=1S/C19H19FN2O4S/c1-26-18-7-5-15(11-16(18)20)27(24,25)21-14-4-6-17-13(10-14)8-9-22(17)19(23)12-2-3-12/h4-7,10-12,21H,2-3,8-9H2,1H3. The van der Waals surface area contributed by atoms with Gasteiger partial charge >= 0.3 is 0 Å². The van der Waals surface area contributed by atoms with Gasteiger partial charge in [0.1, 0.15) is 0 Å². The van der Waals surface area contributed by atoms with E-state index in [9.17, 15) is 17.6 Å². The first-order valence-corrected chi connectivity index (χ1v) is 10.2. The minimum atomic E-state index is -3.94. The van der Waals surface area contributed by atoms with E-state index in [0.29, 0.717) is 18.7 Å². The van der Waals surface area contributed by atoms with Crippen LogP contribution in [0.2, 0.25) is 0 Å². The van der Waals surface area contributed by atoms with Gasteiger partial charge in [0.2, 0.25) is 5.91 Å². The van der Waals surface area contributed by atoms with Crippen molar-refractivity contribution in [3.63, 3.8) is 0 Å². The lowest BCUT2D eigenvalue weighted by Crippen LogP contribution is -2.30. The van der Waals surface area contributed by atoms with Crippen molar-refractivity contribution in [1.82, 2.24) is 0 Å². The fourth-order valence-corrected chi connectivity index (χ4v) is 4.33. The molecule has 2 aromatic carbocycles. The summed E-state index contributed by atoms with van der Waals surface area (Å²) in [5, 5.41) is 0. The van der Waals surface area contributed by atoms with E-state index in [2.05, 4.69) is 4.72 Å². The highest BCUT2D eigenvalue weighted by molar-refractivity contribution is 7.92. The Morgan fingerprint density at radius 2 is 2.00 bits per heavy atom. The normalized spacial score (nSPS) is 16.1. The molecule has 1 heterocycles. The van der Waals surface area contributed by atoms with Crippen molar-refractivity contribution >= 4 is 27.3 Å². The van der Waals surface area contributed by atoms with Gasteiger partial charge < -0.3 is 9.64 Å². The van der Waals surface area contributed by atoms with Crippen molar-refractivity contribution in [2.45, 2.75) is 24.2 Å². The molecular formula is C19H19FN2O4S. The first-order valence-electron chi connectivity index (χ1n) is 8.70. The van der Waals surface area contributed by atoms with Gasteiger partial charge in [0.25, 0.3) is 10.0 Å². The van der Waals surface area contributed by atoms with Gasteiger partial charge in [-0.05, 0) is 61.2 Å². The topological polar surface area (TPSA) is 75.7 Å². The van der Waals surface area contributed by atoms with Gasteiger partial charge in [0.15, 0.2) is 11.6 Å². The van der Waals surface area contributed by atoms with Crippen LogP contribution in [0.4, 0.5) is 15.8 Å². The average molecular weight is 390 g/mol. The van der Waals surface area contributed by atoms with Crippen LogP contribution >= 0.6 is 0 Å². The number of fused-ring (bicyclic) bond motifs is 1. The van der Waals surface area contributed by atoms with Crippen LogP contribution in [0.1, 0.15) is 18.4 Å². The maximum absolute atomic E-state index is 13.8. The number of hydrogen-bond donors (Lipinski definition) is 1. The van der Waals surface area contributed by atoms with Gasteiger partial charge in [0, 0.05) is 23.8 Å². The Bertz CT molecular complexity index is 1020. The summed E-state index contributed by atoms with van der Waals surface area (Å²) in [6, 6.07) is 8.59. The number of methoxy groups -OCH3 is 1. The molecule has 27 heavy (non-hydrogen) atoms.